The number of pyridine rings is 1. The zero-order chi connectivity index (χ0) is 12.8. The van der Waals surface area contributed by atoms with Crippen molar-refractivity contribution in [2.24, 2.45) is 0 Å². The second-order valence-electron chi connectivity index (χ2n) is 4.29. The number of aromatic nitrogens is 1. The summed E-state index contributed by atoms with van der Waals surface area (Å²) in [5.41, 5.74) is 2.06. The molecule has 1 aromatic heterocycles. The van der Waals surface area contributed by atoms with E-state index < -0.39 is 6.10 Å². The highest BCUT2D eigenvalue weighted by Gasteiger charge is 2.08. The van der Waals surface area contributed by atoms with Crippen LogP contribution in [0, 0.1) is 0 Å². The van der Waals surface area contributed by atoms with Gasteiger partial charge in [0.25, 0.3) is 0 Å². The molecule has 0 bridgehead atoms. The van der Waals surface area contributed by atoms with Gasteiger partial charge in [-0.3, -0.25) is 4.98 Å². The SMILES string of the molecule is OC(CCCc1ccccc1)c1ccc(Br)cn1. The van der Waals surface area contributed by atoms with Gasteiger partial charge in [0.1, 0.15) is 0 Å². The van der Waals surface area contributed by atoms with Crippen LogP contribution in [0.2, 0.25) is 0 Å². The third kappa shape index (κ3) is 3.93. The lowest BCUT2D eigenvalue weighted by atomic mass is 10.0. The molecule has 2 nitrogen and oxygen atoms in total. The Kier molecular flexibility index (Phi) is 4.90. The molecule has 2 rings (SSSR count). The van der Waals surface area contributed by atoms with E-state index >= 15 is 0 Å². The van der Waals surface area contributed by atoms with Crippen LogP contribution >= 0.6 is 15.9 Å². The summed E-state index contributed by atoms with van der Waals surface area (Å²) in [5, 5.41) is 10.0. The standard InChI is InChI=1S/C15H16BrNO/c16-13-9-10-14(17-11-13)15(18)8-4-7-12-5-2-1-3-6-12/h1-3,5-6,9-11,15,18H,4,7-8H2. The first-order chi connectivity index (χ1) is 8.75. The Morgan fingerprint density at radius 3 is 2.56 bits per heavy atom. The fourth-order valence-corrected chi connectivity index (χ4v) is 2.11. The van der Waals surface area contributed by atoms with Crippen molar-refractivity contribution in [3.63, 3.8) is 0 Å². The summed E-state index contributed by atoms with van der Waals surface area (Å²) >= 11 is 3.33. The van der Waals surface area contributed by atoms with E-state index in [1.807, 2.05) is 30.3 Å². The number of hydrogen-bond donors (Lipinski definition) is 1. The molecule has 0 amide bonds. The molecule has 0 spiro atoms. The number of benzene rings is 1. The first-order valence-electron chi connectivity index (χ1n) is 6.09. The van der Waals surface area contributed by atoms with Crippen molar-refractivity contribution in [1.29, 1.82) is 0 Å². The fraction of sp³-hybridized carbons (Fsp3) is 0.267. The average Bonchev–Trinajstić information content (AvgIpc) is 2.40. The van der Waals surface area contributed by atoms with Crippen LogP contribution in [0.1, 0.15) is 30.2 Å². The normalized spacial score (nSPS) is 12.3. The van der Waals surface area contributed by atoms with E-state index in [-0.39, 0.29) is 0 Å². The van der Waals surface area contributed by atoms with Gasteiger partial charge in [0.2, 0.25) is 0 Å². The summed E-state index contributed by atoms with van der Waals surface area (Å²) in [5.74, 6) is 0. The Bertz CT molecular complexity index is 470. The second kappa shape index (κ2) is 6.66. The summed E-state index contributed by atoms with van der Waals surface area (Å²) < 4.78 is 0.933. The van der Waals surface area contributed by atoms with E-state index in [2.05, 4.69) is 33.0 Å². The molecule has 0 aliphatic carbocycles. The van der Waals surface area contributed by atoms with Crippen molar-refractivity contribution in [3.8, 4) is 0 Å². The minimum absolute atomic E-state index is 0.471. The lowest BCUT2D eigenvalue weighted by molar-refractivity contribution is 0.160. The summed E-state index contributed by atoms with van der Waals surface area (Å²) in [6.07, 6.45) is 3.94. The van der Waals surface area contributed by atoms with Crippen molar-refractivity contribution in [2.45, 2.75) is 25.4 Å². The van der Waals surface area contributed by atoms with E-state index in [1.165, 1.54) is 5.56 Å². The third-order valence-corrected chi connectivity index (χ3v) is 3.35. The zero-order valence-electron chi connectivity index (χ0n) is 10.1. The number of nitrogens with zero attached hydrogens (tertiary/aromatic N) is 1. The molecule has 1 heterocycles. The Morgan fingerprint density at radius 1 is 1.11 bits per heavy atom. The highest BCUT2D eigenvalue weighted by atomic mass is 79.9. The summed E-state index contributed by atoms with van der Waals surface area (Å²) in [6.45, 7) is 0. The first kappa shape index (κ1) is 13.2. The Balaban J connectivity index is 1.81. The number of aliphatic hydroxyl groups excluding tert-OH is 1. The molecule has 2 aromatic rings. The molecular weight excluding hydrogens is 290 g/mol. The molecule has 3 heteroatoms. The highest BCUT2D eigenvalue weighted by molar-refractivity contribution is 9.10. The van der Waals surface area contributed by atoms with Crippen LogP contribution in [0.4, 0.5) is 0 Å². The van der Waals surface area contributed by atoms with Gasteiger partial charge in [-0.2, -0.15) is 0 Å². The maximum Gasteiger partial charge on any atom is 0.0959 e. The molecule has 1 atom stereocenters. The number of halogens is 1. The van der Waals surface area contributed by atoms with Gasteiger partial charge in [-0.25, -0.2) is 0 Å². The monoisotopic (exact) mass is 305 g/mol. The van der Waals surface area contributed by atoms with Crippen molar-refractivity contribution in [1.82, 2.24) is 4.98 Å². The lowest BCUT2D eigenvalue weighted by Crippen LogP contribution is -2.00. The van der Waals surface area contributed by atoms with Crippen molar-refractivity contribution < 1.29 is 5.11 Å². The molecule has 0 radical (unpaired) electrons. The maximum absolute atomic E-state index is 10.0. The molecular formula is C15H16BrNO. The van der Waals surface area contributed by atoms with Crippen LogP contribution in [0.25, 0.3) is 0 Å². The molecule has 0 aliphatic rings. The molecule has 0 aliphatic heterocycles. The van der Waals surface area contributed by atoms with Crippen LogP contribution < -0.4 is 0 Å². The van der Waals surface area contributed by atoms with E-state index in [4.69, 9.17) is 0 Å². The van der Waals surface area contributed by atoms with Gasteiger partial charge in [0.15, 0.2) is 0 Å². The number of aryl methyl sites for hydroxylation is 1. The van der Waals surface area contributed by atoms with E-state index in [0.29, 0.717) is 0 Å². The Labute approximate surface area is 116 Å². The molecule has 1 aromatic carbocycles. The van der Waals surface area contributed by atoms with Crippen LogP contribution in [0.3, 0.4) is 0 Å². The highest BCUT2D eigenvalue weighted by Crippen LogP contribution is 2.19. The maximum atomic E-state index is 10.0. The van der Waals surface area contributed by atoms with Gasteiger partial charge in [0.05, 0.1) is 11.8 Å². The largest absolute Gasteiger partial charge is 0.387 e. The number of aliphatic hydroxyl groups is 1. The summed E-state index contributed by atoms with van der Waals surface area (Å²) in [6, 6.07) is 14.1. The van der Waals surface area contributed by atoms with Crippen LogP contribution in [0.15, 0.2) is 53.1 Å². The molecule has 0 saturated carbocycles. The molecule has 1 N–H and O–H groups in total. The smallest absolute Gasteiger partial charge is 0.0959 e. The van der Waals surface area contributed by atoms with Crippen molar-refractivity contribution in [3.05, 3.63) is 64.4 Å². The Morgan fingerprint density at radius 2 is 1.89 bits per heavy atom. The van der Waals surface area contributed by atoms with E-state index in [1.54, 1.807) is 6.20 Å². The molecule has 0 saturated heterocycles. The minimum Gasteiger partial charge on any atom is -0.387 e. The predicted molar refractivity (Wildman–Crippen MR) is 76.3 cm³/mol. The van der Waals surface area contributed by atoms with Crippen LogP contribution in [-0.4, -0.2) is 10.1 Å². The first-order valence-corrected chi connectivity index (χ1v) is 6.88. The van der Waals surface area contributed by atoms with Gasteiger partial charge in [0, 0.05) is 10.7 Å². The summed E-state index contributed by atoms with van der Waals surface area (Å²) in [7, 11) is 0. The Hall–Kier alpha value is -1.19. The zero-order valence-corrected chi connectivity index (χ0v) is 11.7. The summed E-state index contributed by atoms with van der Waals surface area (Å²) in [4.78, 5) is 4.21. The average molecular weight is 306 g/mol. The molecule has 94 valence electrons. The van der Waals surface area contributed by atoms with Gasteiger partial charge >= 0.3 is 0 Å². The van der Waals surface area contributed by atoms with Crippen molar-refractivity contribution in [2.75, 3.05) is 0 Å². The van der Waals surface area contributed by atoms with E-state index in [9.17, 15) is 5.11 Å². The minimum atomic E-state index is -0.471. The quantitative estimate of drug-likeness (QED) is 0.909. The topological polar surface area (TPSA) is 33.1 Å². The molecule has 1 unspecified atom stereocenters. The lowest BCUT2D eigenvalue weighted by Gasteiger charge is -2.09. The number of hydrogen-bond acceptors (Lipinski definition) is 2. The fourth-order valence-electron chi connectivity index (χ4n) is 1.88. The van der Waals surface area contributed by atoms with E-state index in [0.717, 1.165) is 29.4 Å². The van der Waals surface area contributed by atoms with Gasteiger partial charge < -0.3 is 5.11 Å². The number of rotatable bonds is 5. The molecule has 18 heavy (non-hydrogen) atoms. The van der Waals surface area contributed by atoms with Crippen LogP contribution in [-0.2, 0) is 6.42 Å². The molecule has 0 fully saturated rings. The van der Waals surface area contributed by atoms with Gasteiger partial charge in [-0.05, 0) is 52.9 Å². The van der Waals surface area contributed by atoms with Gasteiger partial charge in [-0.1, -0.05) is 30.3 Å². The van der Waals surface area contributed by atoms with Gasteiger partial charge in [-0.15, -0.1) is 0 Å². The van der Waals surface area contributed by atoms with Crippen LogP contribution in [0.5, 0.6) is 0 Å². The third-order valence-electron chi connectivity index (χ3n) is 2.88. The van der Waals surface area contributed by atoms with Crippen molar-refractivity contribution >= 4 is 15.9 Å². The second-order valence-corrected chi connectivity index (χ2v) is 5.21. The predicted octanol–water partition coefficient (Wildman–Crippen LogP) is 3.90.